The van der Waals surface area contributed by atoms with Crippen LogP contribution in [-0.4, -0.2) is 30.0 Å². The van der Waals surface area contributed by atoms with Gasteiger partial charge in [0, 0.05) is 11.8 Å². The van der Waals surface area contributed by atoms with Crippen molar-refractivity contribution in [2.24, 2.45) is 0 Å². The van der Waals surface area contributed by atoms with Crippen LogP contribution in [0.1, 0.15) is 22.8 Å². The van der Waals surface area contributed by atoms with Gasteiger partial charge < -0.3 is 10.1 Å². The van der Waals surface area contributed by atoms with Crippen LogP contribution in [-0.2, 0) is 9.53 Å². The third-order valence-corrected chi connectivity index (χ3v) is 3.24. The first-order valence-electron chi connectivity index (χ1n) is 6.93. The maximum atomic E-state index is 12.0. The second-order valence-electron chi connectivity index (χ2n) is 5.02. The van der Waals surface area contributed by atoms with Gasteiger partial charge in [-0.25, -0.2) is 4.79 Å². The Morgan fingerprint density at radius 2 is 2.00 bits per heavy atom. The summed E-state index contributed by atoms with van der Waals surface area (Å²) in [5.74, 6) is -0.848. The predicted molar refractivity (Wildman–Crippen MR) is 83.4 cm³/mol. The number of aromatic nitrogens is 1. The number of rotatable bonds is 4. The van der Waals surface area contributed by atoms with Gasteiger partial charge in [0.25, 0.3) is 5.91 Å². The fourth-order valence-corrected chi connectivity index (χ4v) is 2.02. The number of methoxy groups -OCH3 is 1. The Morgan fingerprint density at radius 1 is 1.23 bits per heavy atom. The smallest absolute Gasteiger partial charge is 0.328 e. The average Bonchev–Trinajstić information content (AvgIpc) is 2.54. The lowest BCUT2D eigenvalue weighted by molar-refractivity contribution is -0.142. The monoisotopic (exact) mass is 298 g/mol. The van der Waals surface area contributed by atoms with Gasteiger partial charge >= 0.3 is 5.97 Å². The molecule has 5 heteroatoms. The fourth-order valence-electron chi connectivity index (χ4n) is 2.02. The van der Waals surface area contributed by atoms with E-state index >= 15 is 0 Å². The molecule has 1 atom stereocenters. The standard InChI is InChI=1S/C17H18N2O3/c1-11-5-4-6-13(9-11)15-8-7-14(10-18-15)16(20)19-12(2)17(21)22-3/h4-10,12H,1-3H3,(H,19,20). The highest BCUT2D eigenvalue weighted by Crippen LogP contribution is 2.18. The first-order chi connectivity index (χ1) is 10.5. The number of nitrogens with one attached hydrogen (secondary N) is 1. The van der Waals surface area contributed by atoms with Crippen LogP contribution in [0.15, 0.2) is 42.6 Å². The molecule has 1 aromatic heterocycles. The summed E-state index contributed by atoms with van der Waals surface area (Å²) in [6.07, 6.45) is 1.50. The number of esters is 1. The molecular formula is C17H18N2O3. The largest absolute Gasteiger partial charge is 0.467 e. The van der Waals surface area contributed by atoms with E-state index in [-0.39, 0.29) is 5.91 Å². The van der Waals surface area contributed by atoms with Crippen LogP contribution >= 0.6 is 0 Å². The Balaban J connectivity index is 2.12. The minimum atomic E-state index is -0.700. The van der Waals surface area contributed by atoms with Crippen molar-refractivity contribution in [3.63, 3.8) is 0 Å². The van der Waals surface area contributed by atoms with Crippen molar-refractivity contribution in [1.29, 1.82) is 0 Å². The van der Waals surface area contributed by atoms with Gasteiger partial charge in [-0.05, 0) is 32.0 Å². The Morgan fingerprint density at radius 3 is 2.59 bits per heavy atom. The van der Waals surface area contributed by atoms with Crippen molar-refractivity contribution >= 4 is 11.9 Å². The van der Waals surface area contributed by atoms with Crippen LogP contribution in [0.3, 0.4) is 0 Å². The Labute approximate surface area is 129 Å². The molecule has 2 rings (SSSR count). The molecule has 1 unspecified atom stereocenters. The van der Waals surface area contributed by atoms with Crippen LogP contribution in [0, 0.1) is 6.92 Å². The number of hydrogen-bond donors (Lipinski definition) is 1. The minimum Gasteiger partial charge on any atom is -0.467 e. The third kappa shape index (κ3) is 3.69. The Kier molecular flexibility index (Phi) is 4.88. The second-order valence-corrected chi connectivity index (χ2v) is 5.02. The third-order valence-electron chi connectivity index (χ3n) is 3.24. The van der Waals surface area contributed by atoms with Crippen molar-refractivity contribution < 1.29 is 14.3 Å². The van der Waals surface area contributed by atoms with Crippen LogP contribution in [0.2, 0.25) is 0 Å². The molecule has 1 heterocycles. The molecule has 0 radical (unpaired) electrons. The number of aryl methyl sites for hydroxylation is 1. The summed E-state index contributed by atoms with van der Waals surface area (Å²) in [6.45, 7) is 3.58. The average molecular weight is 298 g/mol. The van der Waals surface area contributed by atoms with E-state index in [2.05, 4.69) is 15.0 Å². The van der Waals surface area contributed by atoms with E-state index in [1.54, 1.807) is 19.1 Å². The molecule has 1 aromatic carbocycles. The van der Waals surface area contributed by atoms with Gasteiger partial charge in [-0.15, -0.1) is 0 Å². The number of ether oxygens (including phenoxy) is 1. The molecule has 0 fully saturated rings. The molecule has 2 aromatic rings. The lowest BCUT2D eigenvalue weighted by Crippen LogP contribution is -2.39. The topological polar surface area (TPSA) is 68.3 Å². The lowest BCUT2D eigenvalue weighted by atomic mass is 10.1. The van der Waals surface area contributed by atoms with Gasteiger partial charge in [0.05, 0.1) is 18.4 Å². The molecule has 0 aliphatic rings. The number of carbonyl (C=O) groups is 2. The molecule has 0 aliphatic heterocycles. The zero-order chi connectivity index (χ0) is 16.1. The molecule has 22 heavy (non-hydrogen) atoms. The summed E-state index contributed by atoms with van der Waals surface area (Å²) in [5.41, 5.74) is 3.33. The number of benzene rings is 1. The van der Waals surface area contributed by atoms with Crippen molar-refractivity contribution in [2.75, 3.05) is 7.11 Å². The van der Waals surface area contributed by atoms with E-state index in [9.17, 15) is 9.59 Å². The molecule has 1 N–H and O–H groups in total. The highest BCUT2D eigenvalue weighted by molar-refractivity contribution is 5.96. The van der Waals surface area contributed by atoms with Gasteiger partial charge in [-0.3, -0.25) is 9.78 Å². The first-order valence-corrected chi connectivity index (χ1v) is 6.93. The number of carbonyl (C=O) groups excluding carboxylic acids is 2. The summed E-state index contributed by atoms with van der Waals surface area (Å²) in [7, 11) is 1.28. The van der Waals surface area contributed by atoms with E-state index in [1.807, 2.05) is 31.2 Å². The summed E-state index contributed by atoms with van der Waals surface area (Å²) in [5, 5.41) is 2.56. The van der Waals surface area contributed by atoms with E-state index < -0.39 is 12.0 Å². The number of nitrogens with zero attached hydrogens (tertiary/aromatic N) is 1. The predicted octanol–water partition coefficient (Wildman–Crippen LogP) is 2.35. The van der Waals surface area contributed by atoms with Gasteiger partial charge in [0.1, 0.15) is 6.04 Å². The van der Waals surface area contributed by atoms with Gasteiger partial charge in [0.15, 0.2) is 0 Å². The molecule has 0 saturated heterocycles. The molecule has 0 bridgehead atoms. The van der Waals surface area contributed by atoms with E-state index in [0.717, 1.165) is 16.8 Å². The van der Waals surface area contributed by atoms with Crippen molar-refractivity contribution in [1.82, 2.24) is 10.3 Å². The molecule has 0 aliphatic carbocycles. The van der Waals surface area contributed by atoms with Crippen LogP contribution in [0.5, 0.6) is 0 Å². The van der Waals surface area contributed by atoms with E-state index in [0.29, 0.717) is 5.56 Å². The second kappa shape index (κ2) is 6.85. The molecule has 0 spiro atoms. The van der Waals surface area contributed by atoms with Crippen molar-refractivity contribution in [3.05, 3.63) is 53.7 Å². The van der Waals surface area contributed by atoms with E-state index in [4.69, 9.17) is 0 Å². The van der Waals surface area contributed by atoms with Gasteiger partial charge in [-0.2, -0.15) is 0 Å². The lowest BCUT2D eigenvalue weighted by Gasteiger charge is -2.11. The van der Waals surface area contributed by atoms with Crippen LogP contribution in [0.4, 0.5) is 0 Å². The summed E-state index contributed by atoms with van der Waals surface area (Å²) in [4.78, 5) is 27.6. The Hall–Kier alpha value is -2.69. The number of amides is 1. The van der Waals surface area contributed by atoms with Crippen LogP contribution in [0.25, 0.3) is 11.3 Å². The summed E-state index contributed by atoms with van der Waals surface area (Å²) < 4.78 is 4.57. The Bertz CT molecular complexity index is 681. The van der Waals surface area contributed by atoms with Crippen LogP contribution < -0.4 is 5.32 Å². The molecule has 5 nitrogen and oxygen atoms in total. The normalized spacial score (nSPS) is 11.6. The SMILES string of the molecule is COC(=O)C(C)NC(=O)c1ccc(-c2cccc(C)c2)nc1. The van der Waals surface area contributed by atoms with Crippen molar-refractivity contribution in [2.45, 2.75) is 19.9 Å². The van der Waals surface area contributed by atoms with Gasteiger partial charge in [0.2, 0.25) is 0 Å². The highest BCUT2D eigenvalue weighted by Gasteiger charge is 2.17. The zero-order valence-electron chi connectivity index (χ0n) is 12.8. The molecular weight excluding hydrogens is 280 g/mol. The molecule has 1 amide bonds. The number of pyridine rings is 1. The van der Waals surface area contributed by atoms with Gasteiger partial charge in [-0.1, -0.05) is 23.8 Å². The molecule has 0 saturated carbocycles. The minimum absolute atomic E-state index is 0.360. The highest BCUT2D eigenvalue weighted by atomic mass is 16.5. The van der Waals surface area contributed by atoms with Crippen molar-refractivity contribution in [3.8, 4) is 11.3 Å². The maximum absolute atomic E-state index is 12.0. The maximum Gasteiger partial charge on any atom is 0.328 e. The summed E-state index contributed by atoms with van der Waals surface area (Å²) in [6, 6.07) is 10.7. The molecule has 114 valence electrons. The summed E-state index contributed by atoms with van der Waals surface area (Å²) >= 11 is 0. The fraction of sp³-hybridized carbons (Fsp3) is 0.235. The van der Waals surface area contributed by atoms with E-state index in [1.165, 1.54) is 13.3 Å². The first kappa shape index (κ1) is 15.7. The zero-order valence-corrected chi connectivity index (χ0v) is 12.8. The number of hydrogen-bond acceptors (Lipinski definition) is 4. The quantitative estimate of drug-likeness (QED) is 0.880.